The van der Waals surface area contributed by atoms with E-state index in [0.29, 0.717) is 13.0 Å². The van der Waals surface area contributed by atoms with Gasteiger partial charge in [-0.2, -0.15) is 5.10 Å². The summed E-state index contributed by atoms with van der Waals surface area (Å²) in [5.41, 5.74) is 5.98. The van der Waals surface area contributed by atoms with Gasteiger partial charge in [-0.05, 0) is 55.3 Å². The highest BCUT2D eigenvalue weighted by Gasteiger charge is 2.36. The Balaban J connectivity index is 1.57. The molecule has 1 unspecified atom stereocenters. The van der Waals surface area contributed by atoms with Gasteiger partial charge in [0.2, 0.25) is 0 Å². The third-order valence-corrected chi connectivity index (χ3v) is 7.04. The van der Waals surface area contributed by atoms with Gasteiger partial charge in [0.25, 0.3) is 0 Å². The molecule has 0 radical (unpaired) electrons. The van der Waals surface area contributed by atoms with Crippen molar-refractivity contribution in [2.45, 2.75) is 32.9 Å². The lowest BCUT2D eigenvalue weighted by Gasteiger charge is -2.31. The number of fused-ring (bicyclic) bond motifs is 3. The molecule has 0 spiro atoms. The number of halogens is 1. The number of aromatic nitrogens is 3. The topological polar surface area (TPSA) is 55.1 Å². The standard InChI is InChI=1S/C31H28FN5O/c1-3-26-24-20-36(31(38)33-27-16-8-7-15-25(27)32)29(22-12-9-11-21(2)19-22)28-17-10-18-35(28)30(24)37(34-26)23-13-5-4-6-14-23/h4-19,29H,3,20H2,1-2H3,(H,33,38). The van der Waals surface area contributed by atoms with Crippen molar-refractivity contribution in [3.63, 3.8) is 0 Å². The Morgan fingerprint density at radius 2 is 1.79 bits per heavy atom. The monoisotopic (exact) mass is 505 g/mol. The summed E-state index contributed by atoms with van der Waals surface area (Å²) >= 11 is 0. The molecule has 2 amide bonds. The van der Waals surface area contributed by atoms with Gasteiger partial charge < -0.3 is 14.8 Å². The van der Waals surface area contributed by atoms with Gasteiger partial charge in [-0.15, -0.1) is 0 Å². The second kappa shape index (κ2) is 9.67. The Hall–Kier alpha value is -4.65. The van der Waals surface area contributed by atoms with Crippen LogP contribution in [-0.2, 0) is 13.0 Å². The Kier molecular flexibility index (Phi) is 6.04. The van der Waals surface area contributed by atoms with Crippen LogP contribution in [0.5, 0.6) is 0 Å². The molecule has 0 saturated carbocycles. The molecule has 6 rings (SSSR count). The van der Waals surface area contributed by atoms with Gasteiger partial charge in [0, 0.05) is 11.8 Å². The molecular formula is C31H28FN5O. The van der Waals surface area contributed by atoms with Crippen molar-refractivity contribution in [3.05, 3.63) is 131 Å². The smallest absolute Gasteiger partial charge is 0.307 e. The summed E-state index contributed by atoms with van der Waals surface area (Å²) in [6.45, 7) is 4.42. The highest BCUT2D eigenvalue weighted by Crippen LogP contribution is 2.39. The van der Waals surface area contributed by atoms with Crippen LogP contribution in [0.4, 0.5) is 14.9 Å². The van der Waals surface area contributed by atoms with Gasteiger partial charge in [-0.1, -0.05) is 67.1 Å². The first kappa shape index (κ1) is 23.7. The van der Waals surface area contributed by atoms with Crippen LogP contribution < -0.4 is 5.32 Å². The van der Waals surface area contributed by atoms with Crippen molar-refractivity contribution < 1.29 is 9.18 Å². The Labute approximate surface area is 221 Å². The summed E-state index contributed by atoms with van der Waals surface area (Å²) in [6.07, 6.45) is 2.73. The average Bonchev–Trinajstić information content (AvgIpc) is 3.51. The predicted molar refractivity (Wildman–Crippen MR) is 146 cm³/mol. The highest BCUT2D eigenvalue weighted by molar-refractivity contribution is 5.90. The van der Waals surface area contributed by atoms with Gasteiger partial charge >= 0.3 is 6.03 Å². The number of benzene rings is 3. The fourth-order valence-corrected chi connectivity index (χ4v) is 5.29. The summed E-state index contributed by atoms with van der Waals surface area (Å²) in [7, 11) is 0. The second-order valence-corrected chi connectivity index (χ2v) is 9.51. The Morgan fingerprint density at radius 3 is 2.55 bits per heavy atom. The van der Waals surface area contributed by atoms with Crippen LogP contribution in [0.2, 0.25) is 0 Å². The van der Waals surface area contributed by atoms with E-state index in [4.69, 9.17) is 5.10 Å². The fraction of sp³-hybridized carbons (Fsp3) is 0.161. The maximum atomic E-state index is 14.6. The molecule has 0 fully saturated rings. The van der Waals surface area contributed by atoms with Crippen LogP contribution in [0.15, 0.2) is 97.2 Å². The first-order valence-corrected chi connectivity index (χ1v) is 12.8. The first-order valence-electron chi connectivity index (χ1n) is 12.8. The lowest BCUT2D eigenvalue weighted by atomic mass is 10.00. The number of rotatable bonds is 4. The van der Waals surface area contributed by atoms with Crippen LogP contribution >= 0.6 is 0 Å². The van der Waals surface area contributed by atoms with E-state index in [0.717, 1.165) is 39.6 Å². The molecule has 38 heavy (non-hydrogen) atoms. The zero-order chi connectivity index (χ0) is 26.2. The summed E-state index contributed by atoms with van der Waals surface area (Å²) < 4.78 is 18.7. The molecular weight excluding hydrogens is 477 g/mol. The molecule has 1 atom stereocenters. The summed E-state index contributed by atoms with van der Waals surface area (Å²) in [5.74, 6) is 0.435. The van der Waals surface area contributed by atoms with Crippen LogP contribution in [0, 0.1) is 12.7 Å². The molecule has 0 saturated heterocycles. The molecule has 6 nitrogen and oxygen atoms in total. The number of carbonyl (C=O) groups is 1. The molecule has 190 valence electrons. The van der Waals surface area contributed by atoms with Crippen LogP contribution in [-0.4, -0.2) is 25.3 Å². The Morgan fingerprint density at radius 1 is 1.00 bits per heavy atom. The van der Waals surface area contributed by atoms with E-state index >= 15 is 0 Å². The van der Waals surface area contributed by atoms with Gasteiger partial charge in [-0.25, -0.2) is 13.9 Å². The van der Waals surface area contributed by atoms with E-state index in [9.17, 15) is 9.18 Å². The number of para-hydroxylation sites is 2. The second-order valence-electron chi connectivity index (χ2n) is 9.51. The molecule has 1 N–H and O–H groups in total. The van der Waals surface area contributed by atoms with E-state index in [1.807, 2.05) is 78.5 Å². The van der Waals surface area contributed by atoms with Gasteiger partial charge in [0.15, 0.2) is 0 Å². The van der Waals surface area contributed by atoms with E-state index in [2.05, 4.69) is 22.9 Å². The van der Waals surface area contributed by atoms with Gasteiger partial charge in [0.1, 0.15) is 11.6 Å². The molecule has 3 heterocycles. The number of nitrogens with zero attached hydrogens (tertiary/aromatic N) is 4. The van der Waals surface area contributed by atoms with Crippen molar-refractivity contribution in [2.24, 2.45) is 0 Å². The van der Waals surface area contributed by atoms with Crippen molar-refractivity contribution >= 4 is 11.7 Å². The Bertz CT molecular complexity index is 1620. The van der Waals surface area contributed by atoms with Gasteiger partial charge in [0.05, 0.1) is 35.3 Å². The SMILES string of the molecule is CCc1nn(-c2ccccc2)c2c1CN(C(=O)Nc1ccccc1F)C(c1cccc(C)c1)c1cccn1-2. The number of aryl methyl sites for hydroxylation is 2. The molecule has 1 aliphatic rings. The molecule has 0 aliphatic carbocycles. The maximum absolute atomic E-state index is 14.6. The van der Waals surface area contributed by atoms with Crippen LogP contribution in [0.25, 0.3) is 11.5 Å². The minimum Gasteiger partial charge on any atom is -0.307 e. The summed E-state index contributed by atoms with van der Waals surface area (Å²) in [5, 5.41) is 7.81. The number of urea groups is 1. The van der Waals surface area contributed by atoms with Crippen LogP contribution in [0.1, 0.15) is 41.0 Å². The third-order valence-electron chi connectivity index (χ3n) is 7.04. The number of anilines is 1. The first-order chi connectivity index (χ1) is 18.5. The lowest BCUT2D eigenvalue weighted by Crippen LogP contribution is -2.38. The van der Waals surface area contributed by atoms with Crippen molar-refractivity contribution in [1.29, 1.82) is 0 Å². The third kappa shape index (κ3) is 4.06. The van der Waals surface area contributed by atoms with Crippen LogP contribution in [0.3, 0.4) is 0 Å². The van der Waals surface area contributed by atoms with E-state index in [1.165, 1.54) is 6.07 Å². The normalized spacial score (nSPS) is 14.5. The molecule has 7 heteroatoms. The lowest BCUT2D eigenvalue weighted by molar-refractivity contribution is 0.194. The zero-order valence-electron chi connectivity index (χ0n) is 21.3. The van der Waals surface area contributed by atoms with Crippen molar-refractivity contribution in [2.75, 3.05) is 5.32 Å². The van der Waals surface area contributed by atoms with E-state index < -0.39 is 11.9 Å². The number of carbonyl (C=O) groups excluding carboxylic acids is 1. The molecule has 5 aromatic rings. The number of amides is 2. The van der Waals surface area contributed by atoms with Crippen molar-refractivity contribution in [3.8, 4) is 11.5 Å². The molecule has 2 aromatic heterocycles. The largest absolute Gasteiger partial charge is 0.323 e. The van der Waals surface area contributed by atoms with Crippen molar-refractivity contribution in [1.82, 2.24) is 19.2 Å². The minimum atomic E-state index is -0.474. The average molecular weight is 506 g/mol. The predicted octanol–water partition coefficient (Wildman–Crippen LogP) is 6.81. The number of hydrogen-bond donors (Lipinski definition) is 1. The molecule has 3 aromatic carbocycles. The fourth-order valence-electron chi connectivity index (χ4n) is 5.29. The molecule has 1 aliphatic heterocycles. The number of nitrogens with one attached hydrogen (secondary N) is 1. The quantitative estimate of drug-likeness (QED) is 0.292. The van der Waals surface area contributed by atoms with Gasteiger partial charge in [-0.3, -0.25) is 0 Å². The van der Waals surface area contributed by atoms with E-state index in [-0.39, 0.29) is 11.7 Å². The molecule has 0 bridgehead atoms. The summed E-state index contributed by atoms with van der Waals surface area (Å²) in [6, 6.07) is 27.7. The maximum Gasteiger partial charge on any atom is 0.323 e. The minimum absolute atomic E-state index is 0.149. The highest BCUT2D eigenvalue weighted by atomic mass is 19.1. The van der Waals surface area contributed by atoms with E-state index in [1.54, 1.807) is 23.1 Å². The zero-order valence-corrected chi connectivity index (χ0v) is 21.3. The number of hydrogen-bond acceptors (Lipinski definition) is 2. The summed E-state index contributed by atoms with van der Waals surface area (Å²) in [4.78, 5) is 15.8.